The predicted molar refractivity (Wildman–Crippen MR) is 132 cm³/mol. The number of nitrogens with one attached hydrogen (secondary N) is 1. The molecule has 2 heterocycles. The van der Waals surface area contributed by atoms with Gasteiger partial charge in [0.15, 0.2) is 0 Å². The summed E-state index contributed by atoms with van der Waals surface area (Å²) in [5.41, 5.74) is -2.16. The van der Waals surface area contributed by atoms with E-state index in [1.807, 2.05) is 0 Å². The van der Waals surface area contributed by atoms with Crippen molar-refractivity contribution in [3.8, 4) is 0 Å². The quantitative estimate of drug-likeness (QED) is 0.453. The van der Waals surface area contributed by atoms with Crippen molar-refractivity contribution in [3.05, 3.63) is 35.4 Å². The smallest absolute Gasteiger partial charge is 0.416 e. The first-order chi connectivity index (χ1) is 18.7. The van der Waals surface area contributed by atoms with E-state index in [1.165, 1.54) is 24.0 Å². The summed E-state index contributed by atoms with van der Waals surface area (Å²) < 4.78 is 49.1. The van der Waals surface area contributed by atoms with Gasteiger partial charge in [0.2, 0.25) is 17.9 Å². The van der Waals surface area contributed by atoms with Crippen LogP contribution in [0.25, 0.3) is 0 Å². The zero-order valence-corrected chi connectivity index (χ0v) is 22.3. The first kappa shape index (κ1) is 30.7. The number of carboxylic acid groups (broad SMARTS) is 1. The monoisotopic (exact) mass is 571 g/mol. The topological polar surface area (TPSA) is 143 Å². The number of esters is 2. The van der Waals surface area contributed by atoms with E-state index in [0.29, 0.717) is 18.4 Å². The van der Waals surface area contributed by atoms with Crippen molar-refractivity contribution in [2.75, 3.05) is 20.2 Å². The molecule has 4 atom stereocenters. The minimum atomic E-state index is -4.57. The molecule has 0 aliphatic carbocycles. The summed E-state index contributed by atoms with van der Waals surface area (Å²) in [5, 5.41) is 12.2. The Bertz CT molecular complexity index is 1140. The van der Waals surface area contributed by atoms with Crippen molar-refractivity contribution in [2.24, 2.45) is 0 Å². The van der Waals surface area contributed by atoms with Gasteiger partial charge in [0, 0.05) is 26.4 Å². The second kappa shape index (κ2) is 12.1. The van der Waals surface area contributed by atoms with Crippen LogP contribution in [0, 0.1) is 0 Å². The Hall–Kier alpha value is -3.84. The third-order valence-corrected chi connectivity index (χ3v) is 7.28. The summed E-state index contributed by atoms with van der Waals surface area (Å²) in [6.07, 6.45) is -6.33. The molecule has 2 N–H and O–H groups in total. The predicted octanol–water partition coefficient (Wildman–Crippen LogP) is 2.36. The number of methoxy groups -OCH3 is 1. The van der Waals surface area contributed by atoms with Crippen molar-refractivity contribution in [2.45, 2.75) is 75.9 Å². The number of carbonyl (C=O) groups excluding carboxylic acids is 4. The van der Waals surface area contributed by atoms with Gasteiger partial charge in [0.1, 0.15) is 11.6 Å². The Morgan fingerprint density at radius 3 is 2.33 bits per heavy atom. The lowest BCUT2D eigenvalue weighted by Gasteiger charge is -2.40. The minimum Gasteiger partial charge on any atom is -0.466 e. The number of amides is 3. The second-order valence-corrected chi connectivity index (χ2v) is 9.95. The largest absolute Gasteiger partial charge is 0.466 e. The lowest BCUT2D eigenvalue weighted by molar-refractivity contribution is -0.167. The van der Waals surface area contributed by atoms with Crippen LogP contribution in [0.4, 0.5) is 18.0 Å². The van der Waals surface area contributed by atoms with Crippen LogP contribution >= 0.6 is 0 Å². The Morgan fingerprint density at radius 2 is 1.77 bits per heavy atom. The number of rotatable bonds is 8. The van der Waals surface area contributed by atoms with E-state index >= 15 is 0 Å². The molecule has 0 spiro atoms. The first-order valence-electron chi connectivity index (χ1n) is 12.7. The summed E-state index contributed by atoms with van der Waals surface area (Å²) in [4.78, 5) is 65.5. The van der Waals surface area contributed by atoms with Gasteiger partial charge in [-0.2, -0.15) is 13.2 Å². The van der Waals surface area contributed by atoms with E-state index in [-0.39, 0.29) is 32.4 Å². The van der Waals surface area contributed by atoms with E-state index in [0.717, 1.165) is 31.1 Å². The molecule has 0 bridgehead atoms. The second-order valence-electron chi connectivity index (χ2n) is 9.95. The molecule has 40 heavy (non-hydrogen) atoms. The average Bonchev–Trinajstić information content (AvgIpc) is 3.54. The van der Waals surface area contributed by atoms with Gasteiger partial charge in [-0.25, -0.2) is 9.59 Å². The van der Waals surface area contributed by atoms with Crippen LogP contribution in [0.3, 0.4) is 0 Å². The molecule has 0 radical (unpaired) electrons. The molecule has 0 saturated carbocycles. The number of ether oxygens (including phenoxy) is 2. The highest BCUT2D eigenvalue weighted by Crippen LogP contribution is 2.37. The molecular formula is C26H32F3N3O8. The molecule has 220 valence electrons. The third kappa shape index (κ3) is 6.48. The fraction of sp³-hybridized carbons (Fsp3) is 0.577. The maximum atomic E-state index is 13.9. The number of halogens is 3. The van der Waals surface area contributed by atoms with Gasteiger partial charge in [-0.1, -0.05) is 12.1 Å². The lowest BCUT2D eigenvalue weighted by atomic mass is 9.85. The first-order valence-corrected chi connectivity index (χ1v) is 12.7. The third-order valence-electron chi connectivity index (χ3n) is 7.28. The fourth-order valence-corrected chi connectivity index (χ4v) is 5.35. The maximum Gasteiger partial charge on any atom is 0.416 e. The van der Waals surface area contributed by atoms with Gasteiger partial charge < -0.3 is 24.8 Å². The number of carbonyl (C=O) groups is 5. The number of hydrogen-bond donors (Lipinski definition) is 2. The van der Waals surface area contributed by atoms with E-state index in [2.05, 4.69) is 10.1 Å². The zero-order valence-electron chi connectivity index (χ0n) is 22.3. The number of likely N-dealkylation sites (tertiary alicyclic amines) is 2. The molecular weight excluding hydrogens is 539 g/mol. The average molecular weight is 572 g/mol. The molecule has 11 nitrogen and oxygen atoms in total. The molecule has 3 amide bonds. The van der Waals surface area contributed by atoms with Crippen LogP contribution in [0.15, 0.2) is 24.3 Å². The van der Waals surface area contributed by atoms with E-state index in [4.69, 9.17) is 4.74 Å². The van der Waals surface area contributed by atoms with Crippen molar-refractivity contribution < 1.29 is 51.7 Å². The normalized spacial score (nSPS) is 22.4. The van der Waals surface area contributed by atoms with Crippen LogP contribution in [0.1, 0.15) is 50.7 Å². The summed E-state index contributed by atoms with van der Waals surface area (Å²) in [6, 6.07) is 2.07. The zero-order chi connectivity index (χ0) is 29.8. The highest BCUT2D eigenvalue weighted by molar-refractivity contribution is 5.95. The molecule has 14 heteroatoms. The SMILES string of the molecule is COC(=O)[C@H](OC(C)=O)[C@@H](C)NC(=O)C1(Cc2ccc(C(F)(F)F)cc2)CCCN1C(=O)C1CCCN1C(=O)O. The van der Waals surface area contributed by atoms with Crippen LogP contribution in [-0.4, -0.2) is 88.7 Å². The molecule has 1 aromatic carbocycles. The molecule has 2 aliphatic rings. The van der Waals surface area contributed by atoms with E-state index in [1.54, 1.807) is 0 Å². The van der Waals surface area contributed by atoms with Gasteiger partial charge in [0.25, 0.3) is 0 Å². The van der Waals surface area contributed by atoms with Crippen molar-refractivity contribution in [1.29, 1.82) is 0 Å². The van der Waals surface area contributed by atoms with Crippen molar-refractivity contribution in [1.82, 2.24) is 15.1 Å². The van der Waals surface area contributed by atoms with Crippen molar-refractivity contribution in [3.63, 3.8) is 0 Å². The van der Waals surface area contributed by atoms with Crippen LogP contribution in [0.5, 0.6) is 0 Å². The summed E-state index contributed by atoms with van der Waals surface area (Å²) in [6.45, 7) is 2.73. The highest BCUT2D eigenvalue weighted by Gasteiger charge is 2.53. The van der Waals surface area contributed by atoms with E-state index < -0.39 is 65.3 Å². The molecule has 2 fully saturated rings. The molecule has 0 aromatic heterocycles. The van der Waals surface area contributed by atoms with Crippen molar-refractivity contribution >= 4 is 29.8 Å². The Labute approximate surface area is 228 Å². The molecule has 2 unspecified atom stereocenters. The summed E-state index contributed by atoms with van der Waals surface area (Å²) in [7, 11) is 1.08. The maximum absolute atomic E-state index is 13.9. The number of alkyl halides is 3. The molecule has 1 aromatic rings. The Morgan fingerprint density at radius 1 is 1.12 bits per heavy atom. The summed E-state index contributed by atoms with van der Waals surface area (Å²) in [5.74, 6) is -3.05. The van der Waals surface area contributed by atoms with Crippen LogP contribution in [0.2, 0.25) is 0 Å². The molecule has 2 aliphatic heterocycles. The van der Waals surface area contributed by atoms with Gasteiger partial charge in [-0.3, -0.25) is 19.3 Å². The number of nitrogens with zero attached hydrogens (tertiary/aromatic N) is 2. The van der Waals surface area contributed by atoms with Gasteiger partial charge in [-0.15, -0.1) is 0 Å². The fourth-order valence-electron chi connectivity index (χ4n) is 5.35. The minimum absolute atomic E-state index is 0.107. The Balaban J connectivity index is 1.99. The van der Waals surface area contributed by atoms with Gasteiger partial charge >= 0.3 is 24.2 Å². The van der Waals surface area contributed by atoms with Crippen LogP contribution in [-0.2, 0) is 41.2 Å². The number of hydrogen-bond acceptors (Lipinski definition) is 7. The van der Waals surface area contributed by atoms with Crippen LogP contribution < -0.4 is 5.32 Å². The summed E-state index contributed by atoms with van der Waals surface area (Å²) >= 11 is 0. The molecule has 3 rings (SSSR count). The van der Waals surface area contributed by atoms with Gasteiger partial charge in [0.05, 0.1) is 18.7 Å². The lowest BCUT2D eigenvalue weighted by Crippen LogP contribution is -2.64. The van der Waals surface area contributed by atoms with Gasteiger partial charge in [-0.05, 0) is 50.3 Å². The highest BCUT2D eigenvalue weighted by atomic mass is 19.4. The standard InChI is InChI=1S/C26H32F3N3O8/c1-15(20(22(35)39-3)40-16(2)33)30-23(36)25(14-17-7-9-18(10-8-17)26(27,28)29)11-5-13-32(25)21(34)19-6-4-12-31(19)24(37)38/h7-10,15,19-20H,4-6,11-14H2,1-3H3,(H,30,36)(H,37,38)/t15-,19?,20-,25?/m1/s1. The number of benzene rings is 1. The molecule has 2 saturated heterocycles. The van der Waals surface area contributed by atoms with E-state index in [9.17, 15) is 42.3 Å². The Kier molecular flexibility index (Phi) is 9.31.